The highest BCUT2D eigenvalue weighted by Gasteiger charge is 2.20. The van der Waals surface area contributed by atoms with Crippen LogP contribution in [0.15, 0.2) is 29.4 Å². The molecule has 6 nitrogen and oxygen atoms in total. The van der Waals surface area contributed by atoms with Crippen molar-refractivity contribution in [2.75, 3.05) is 7.05 Å². The maximum atomic E-state index is 6.08. The fourth-order valence-electron chi connectivity index (χ4n) is 1.34. The zero-order chi connectivity index (χ0) is 17.6. The summed E-state index contributed by atoms with van der Waals surface area (Å²) in [6, 6.07) is 7.39. The van der Waals surface area contributed by atoms with Crippen LogP contribution in [0, 0.1) is 0 Å². The zero-order valence-electron chi connectivity index (χ0n) is 12.5. The van der Waals surface area contributed by atoms with Gasteiger partial charge in [0.1, 0.15) is 11.6 Å². The van der Waals surface area contributed by atoms with Gasteiger partial charge in [-0.2, -0.15) is 5.10 Å². The first-order valence-electron chi connectivity index (χ1n) is 6.24. The van der Waals surface area contributed by atoms with E-state index in [0.29, 0.717) is 5.75 Å². The van der Waals surface area contributed by atoms with E-state index in [1.807, 2.05) is 31.2 Å². The first-order valence-corrected chi connectivity index (χ1v) is 16.3. The summed E-state index contributed by atoms with van der Waals surface area (Å²) in [6.45, 7) is 1.91. The van der Waals surface area contributed by atoms with Gasteiger partial charge in [0.15, 0.2) is 0 Å². The number of hydrogen-bond acceptors (Lipinski definition) is 6. The third-order valence-corrected chi connectivity index (χ3v) is 13.4. The van der Waals surface area contributed by atoms with Crippen molar-refractivity contribution in [3.8, 4) is 5.75 Å². The maximum Gasteiger partial charge on any atom is 0.222 e. The fraction of sp³-hybridized carbons (Fsp3) is 0.300. The average Bonchev–Trinajstić information content (AvgIpc) is 2.51. The lowest BCUT2D eigenvalue weighted by Gasteiger charge is -2.25. The Morgan fingerprint density at radius 3 is 2.43 bits per heavy atom. The molecule has 0 heterocycles. The standard InChI is InChI=1S/C10H19Cl2N5OP4S/c1-8(20(14)21(15)19-13)18-10-5-3-9(4-6-10)7-16-17(2)22(11,12)23/h3-8,19H,13-15H2,1-2H3/b16-7+. The van der Waals surface area contributed by atoms with E-state index in [1.165, 1.54) is 4.78 Å². The lowest BCUT2D eigenvalue weighted by atomic mass is 10.2. The van der Waals surface area contributed by atoms with Crippen molar-refractivity contribution >= 4 is 69.0 Å². The van der Waals surface area contributed by atoms with E-state index in [2.05, 4.69) is 5.10 Å². The molecule has 13 heteroatoms. The number of nitrogens with two attached hydrogens (primary N) is 3. The van der Waals surface area contributed by atoms with Crippen LogP contribution in [0.3, 0.4) is 0 Å². The zero-order valence-corrected chi connectivity index (χ0v) is 18.5. The van der Waals surface area contributed by atoms with Crippen molar-refractivity contribution in [1.82, 2.24) is 4.78 Å². The van der Waals surface area contributed by atoms with Crippen molar-refractivity contribution in [3.05, 3.63) is 29.8 Å². The molecule has 4 unspecified atom stereocenters. The normalized spacial score (nSPS) is 16.7. The molecule has 0 saturated heterocycles. The van der Waals surface area contributed by atoms with Crippen LogP contribution in [0.5, 0.6) is 5.75 Å². The fourth-order valence-corrected chi connectivity index (χ4v) is 6.84. The van der Waals surface area contributed by atoms with Gasteiger partial charge in [0.2, 0.25) is 4.89 Å². The van der Waals surface area contributed by atoms with Gasteiger partial charge < -0.3 is 21.2 Å². The van der Waals surface area contributed by atoms with E-state index in [0.717, 1.165) is 5.56 Å². The summed E-state index contributed by atoms with van der Waals surface area (Å²) < 4.78 is 7.20. The first-order chi connectivity index (χ1) is 10.6. The van der Waals surface area contributed by atoms with Crippen LogP contribution >= 0.6 is 51.0 Å². The minimum Gasteiger partial charge on any atom is -0.485 e. The van der Waals surface area contributed by atoms with Crippen molar-refractivity contribution in [3.63, 3.8) is 0 Å². The molecule has 0 saturated carbocycles. The van der Waals surface area contributed by atoms with Gasteiger partial charge in [-0.3, -0.25) is 0 Å². The Labute approximate surface area is 155 Å². The molecular formula is C10H19Cl2N5OP4S. The molecule has 0 spiro atoms. The predicted molar refractivity (Wildman–Crippen MR) is 113 cm³/mol. The highest BCUT2D eigenvalue weighted by molar-refractivity contribution is 8.54. The molecule has 0 bridgehead atoms. The monoisotopic (exact) mass is 451 g/mol. The van der Waals surface area contributed by atoms with Gasteiger partial charge in [-0.15, -0.1) is 0 Å². The Kier molecular flexibility index (Phi) is 9.67. The maximum absolute atomic E-state index is 6.08. The molecule has 1 aromatic rings. The molecule has 1 aromatic carbocycles. The number of nitrogens with zero attached hydrogens (tertiary/aromatic N) is 2. The third kappa shape index (κ3) is 7.75. The topological polar surface area (TPSA) is 103 Å². The Morgan fingerprint density at radius 2 is 1.96 bits per heavy atom. The molecule has 6 N–H and O–H groups in total. The summed E-state index contributed by atoms with van der Waals surface area (Å²) in [4.78, 5) is -2.59. The largest absolute Gasteiger partial charge is 0.485 e. The quantitative estimate of drug-likeness (QED) is 0.306. The van der Waals surface area contributed by atoms with Crippen molar-refractivity contribution in [2.45, 2.75) is 12.8 Å². The first kappa shape index (κ1) is 21.9. The Morgan fingerprint density at radius 1 is 1.39 bits per heavy atom. The summed E-state index contributed by atoms with van der Waals surface area (Å²) in [6.07, 6.45) is 1.63. The molecule has 4 atom stereocenters. The van der Waals surface area contributed by atoms with Crippen LogP contribution in [0.2, 0.25) is 0 Å². The molecule has 0 aliphatic rings. The van der Waals surface area contributed by atoms with Crippen LogP contribution in [0.1, 0.15) is 12.5 Å². The van der Waals surface area contributed by atoms with E-state index in [-0.39, 0.29) is 14.3 Å². The van der Waals surface area contributed by atoms with E-state index >= 15 is 0 Å². The summed E-state index contributed by atoms with van der Waals surface area (Å²) in [7, 11) is 0.0483. The van der Waals surface area contributed by atoms with Crippen LogP contribution in [-0.2, 0) is 11.8 Å². The molecule has 0 radical (unpaired) electrons. The van der Waals surface area contributed by atoms with Gasteiger partial charge in [-0.25, -0.2) is 4.78 Å². The smallest absolute Gasteiger partial charge is 0.222 e. The van der Waals surface area contributed by atoms with Gasteiger partial charge in [-0.1, -0.05) is 0 Å². The van der Waals surface area contributed by atoms with Gasteiger partial charge in [0.25, 0.3) is 0 Å². The van der Waals surface area contributed by atoms with E-state index in [9.17, 15) is 0 Å². The second kappa shape index (κ2) is 10.1. The van der Waals surface area contributed by atoms with Crippen LogP contribution in [0.4, 0.5) is 0 Å². The average molecular weight is 452 g/mol. The molecule has 0 aromatic heterocycles. The molecule has 1 rings (SSSR count). The lowest BCUT2D eigenvalue weighted by Crippen LogP contribution is -2.14. The summed E-state index contributed by atoms with van der Waals surface area (Å²) in [5.74, 6) is 0.561. The highest BCUT2D eigenvalue weighted by atomic mass is 35.9. The number of hydrazone groups is 1. The minimum absolute atomic E-state index is 0.152. The molecule has 0 fully saturated rings. The SMILES string of the molecule is CC(Oc1ccc(/C=N/N(C)P(=S)(Cl)Cl)cc1)P(N)P(N)PN. The Hall–Kier alpha value is 0.890. The van der Waals surface area contributed by atoms with Gasteiger partial charge in [-0.05, 0) is 79.5 Å². The summed E-state index contributed by atoms with van der Waals surface area (Å²) >= 11 is 16.7. The van der Waals surface area contributed by atoms with Gasteiger partial charge in [0, 0.05) is 22.3 Å². The summed E-state index contributed by atoms with van der Waals surface area (Å²) in [5, 5.41) is 4.12. The number of hydrogen-bond donors (Lipinski definition) is 3. The van der Waals surface area contributed by atoms with E-state index < -0.39 is 20.1 Å². The number of halogens is 2. The molecule has 0 aliphatic carbocycles. The van der Waals surface area contributed by atoms with Crippen LogP contribution < -0.4 is 21.2 Å². The van der Waals surface area contributed by atoms with E-state index in [4.69, 9.17) is 55.5 Å². The van der Waals surface area contributed by atoms with Crippen molar-refractivity contribution in [1.29, 1.82) is 0 Å². The predicted octanol–water partition coefficient (Wildman–Crippen LogP) is 4.47. The summed E-state index contributed by atoms with van der Waals surface area (Å²) in [5.41, 5.74) is 18.5. The number of rotatable bonds is 8. The van der Waals surface area contributed by atoms with Gasteiger partial charge in [0.05, 0.1) is 6.21 Å². The highest BCUT2D eigenvalue weighted by Crippen LogP contribution is 2.70. The second-order valence-corrected chi connectivity index (χ2v) is 20.5. The molecule has 130 valence electrons. The second-order valence-electron chi connectivity index (χ2n) is 4.31. The minimum atomic E-state index is -2.59. The molecule has 0 amide bonds. The number of benzene rings is 1. The third-order valence-electron chi connectivity index (χ3n) is 2.65. The Balaban J connectivity index is 2.67. The van der Waals surface area contributed by atoms with Crippen molar-refractivity contribution in [2.24, 2.45) is 21.6 Å². The van der Waals surface area contributed by atoms with E-state index in [1.54, 1.807) is 13.3 Å². The van der Waals surface area contributed by atoms with Crippen LogP contribution in [-0.4, -0.2) is 23.9 Å². The molecule has 23 heavy (non-hydrogen) atoms. The number of ether oxygens (including phenoxy) is 1. The molecule has 0 aliphatic heterocycles. The van der Waals surface area contributed by atoms with Gasteiger partial charge >= 0.3 is 0 Å². The molecular weight excluding hydrogens is 433 g/mol. The van der Waals surface area contributed by atoms with Crippen molar-refractivity contribution < 1.29 is 4.74 Å². The Bertz CT molecular complexity index is 575. The lowest BCUT2D eigenvalue weighted by molar-refractivity contribution is 0.303. The van der Waals surface area contributed by atoms with Crippen LogP contribution in [0.25, 0.3) is 0 Å².